The maximum Gasteiger partial charge on any atom is 0.306 e. The number of carbonyl (C=O) groups excluding carboxylic acids is 1. The van der Waals surface area contributed by atoms with Crippen LogP contribution in [0.25, 0.3) is 0 Å². The molecule has 0 N–H and O–H groups in total. The Labute approximate surface area is 179 Å². The number of hydrogen-bond donors (Lipinski definition) is 0. The summed E-state index contributed by atoms with van der Waals surface area (Å²) in [6, 6.07) is 0. The Kier molecular flexibility index (Phi) is 20.5. The van der Waals surface area contributed by atoms with Crippen molar-refractivity contribution in [3.63, 3.8) is 0 Å². The highest BCUT2D eigenvalue weighted by Crippen LogP contribution is 1.98. The zero-order valence-corrected chi connectivity index (χ0v) is 18.8. The fourth-order valence-electron chi connectivity index (χ4n) is 2.26. The van der Waals surface area contributed by atoms with E-state index >= 15 is 0 Å². The predicted molar refractivity (Wildman–Crippen MR) is 127 cm³/mol. The first-order chi connectivity index (χ1) is 14.2. The summed E-state index contributed by atoms with van der Waals surface area (Å²) in [6.45, 7) is 3.39. The second kappa shape index (κ2) is 22.2. The number of hydrogen-bond acceptors (Lipinski definition) is 3. The lowest BCUT2D eigenvalue weighted by Gasteiger charge is -2.09. The Bertz CT molecular complexity index is 551. The van der Waals surface area contributed by atoms with Gasteiger partial charge in [-0.3, -0.25) is 4.79 Å². The highest BCUT2D eigenvalue weighted by atomic mass is 16.5. The maximum atomic E-state index is 11.5. The van der Waals surface area contributed by atoms with Gasteiger partial charge >= 0.3 is 5.97 Å². The van der Waals surface area contributed by atoms with Crippen molar-refractivity contribution in [3.8, 4) is 0 Å². The molecule has 0 saturated heterocycles. The van der Waals surface area contributed by atoms with Crippen LogP contribution in [-0.4, -0.2) is 38.1 Å². The van der Waals surface area contributed by atoms with Crippen LogP contribution in [0.3, 0.4) is 0 Å². The van der Waals surface area contributed by atoms with Crippen molar-refractivity contribution in [1.82, 2.24) is 4.90 Å². The smallest absolute Gasteiger partial charge is 0.306 e. The summed E-state index contributed by atoms with van der Waals surface area (Å²) in [5, 5.41) is 0. The molecule has 0 atom stereocenters. The van der Waals surface area contributed by atoms with E-state index in [4.69, 9.17) is 4.74 Å². The molecule has 0 amide bonds. The van der Waals surface area contributed by atoms with E-state index in [0.29, 0.717) is 13.0 Å². The van der Waals surface area contributed by atoms with Crippen LogP contribution in [0.5, 0.6) is 0 Å². The van der Waals surface area contributed by atoms with Gasteiger partial charge in [-0.2, -0.15) is 0 Å². The summed E-state index contributed by atoms with van der Waals surface area (Å²) < 4.78 is 5.14. The third-order valence-electron chi connectivity index (χ3n) is 3.91. The van der Waals surface area contributed by atoms with Gasteiger partial charge in [-0.1, -0.05) is 79.8 Å². The van der Waals surface area contributed by atoms with E-state index in [9.17, 15) is 4.79 Å². The van der Waals surface area contributed by atoms with Gasteiger partial charge in [0.1, 0.15) is 6.61 Å². The molecule has 0 aliphatic rings. The van der Waals surface area contributed by atoms with Crippen LogP contribution < -0.4 is 0 Å². The zero-order valence-electron chi connectivity index (χ0n) is 18.8. The highest BCUT2D eigenvalue weighted by Gasteiger charge is 2.00. The normalized spacial score (nSPS) is 13.0. The van der Waals surface area contributed by atoms with Crippen molar-refractivity contribution in [2.24, 2.45) is 0 Å². The minimum Gasteiger partial charge on any atom is -0.464 e. The van der Waals surface area contributed by atoms with Crippen LogP contribution in [0.4, 0.5) is 0 Å². The third-order valence-corrected chi connectivity index (χ3v) is 3.91. The Hall–Kier alpha value is -2.13. The molecule has 0 aromatic carbocycles. The lowest BCUT2D eigenvalue weighted by Crippen LogP contribution is -2.19. The molecular formula is C26H41NO2. The van der Waals surface area contributed by atoms with Gasteiger partial charge in [0, 0.05) is 13.0 Å². The average molecular weight is 400 g/mol. The molecule has 0 fully saturated rings. The molecule has 0 aliphatic carbocycles. The molecule has 0 aromatic rings. The second-order valence-electron chi connectivity index (χ2n) is 6.98. The van der Waals surface area contributed by atoms with Crippen LogP contribution in [0, 0.1) is 0 Å². The molecule has 0 aliphatic heterocycles. The Morgan fingerprint density at radius 3 is 1.52 bits per heavy atom. The summed E-state index contributed by atoms with van der Waals surface area (Å²) in [5.74, 6) is -0.119. The maximum absolute atomic E-state index is 11.5. The molecule has 0 unspecified atom stereocenters. The fraction of sp³-hybridized carbons (Fsp3) is 0.500. The largest absolute Gasteiger partial charge is 0.464 e. The van der Waals surface area contributed by atoms with Crippen molar-refractivity contribution in [3.05, 3.63) is 72.9 Å². The first-order valence-electron chi connectivity index (χ1n) is 10.9. The summed E-state index contributed by atoms with van der Waals surface area (Å²) in [6.07, 6.45) is 33.3. The first-order valence-corrected chi connectivity index (χ1v) is 10.9. The molecule has 0 saturated carbocycles. The Morgan fingerprint density at radius 2 is 1.10 bits per heavy atom. The quantitative estimate of drug-likeness (QED) is 0.205. The van der Waals surface area contributed by atoms with Crippen molar-refractivity contribution >= 4 is 5.97 Å². The van der Waals surface area contributed by atoms with Crippen LogP contribution in [-0.2, 0) is 9.53 Å². The molecule has 3 nitrogen and oxygen atoms in total. The lowest BCUT2D eigenvalue weighted by atomic mass is 10.2. The van der Waals surface area contributed by atoms with E-state index in [-0.39, 0.29) is 5.97 Å². The number of esters is 1. The number of carbonyl (C=O) groups is 1. The fourth-order valence-corrected chi connectivity index (χ4v) is 2.26. The van der Waals surface area contributed by atoms with E-state index in [2.05, 4.69) is 73.8 Å². The molecule has 0 heterocycles. The van der Waals surface area contributed by atoms with Crippen LogP contribution in [0.15, 0.2) is 72.9 Å². The number of allylic oxidation sites excluding steroid dienone is 12. The SMILES string of the molecule is CCC=CCC=CCC=CCC=CCC=CCC=CCCC(=O)OCCN(C)C. The van der Waals surface area contributed by atoms with E-state index in [1.54, 1.807) is 0 Å². The van der Waals surface area contributed by atoms with Gasteiger partial charge in [-0.05, 0) is 59.0 Å². The first kappa shape index (κ1) is 26.9. The van der Waals surface area contributed by atoms with Crippen molar-refractivity contribution in [2.75, 3.05) is 27.2 Å². The molecule has 0 bridgehead atoms. The van der Waals surface area contributed by atoms with Gasteiger partial charge in [0.05, 0.1) is 0 Å². The van der Waals surface area contributed by atoms with E-state index in [1.165, 1.54) is 0 Å². The van der Waals surface area contributed by atoms with E-state index in [1.807, 2.05) is 25.1 Å². The summed E-state index contributed by atoms with van der Waals surface area (Å²) >= 11 is 0. The van der Waals surface area contributed by atoms with Gasteiger partial charge in [0.15, 0.2) is 0 Å². The molecule has 0 aromatic heterocycles. The van der Waals surface area contributed by atoms with Gasteiger partial charge in [-0.15, -0.1) is 0 Å². The van der Waals surface area contributed by atoms with Crippen molar-refractivity contribution < 1.29 is 9.53 Å². The minimum absolute atomic E-state index is 0.119. The minimum atomic E-state index is -0.119. The summed E-state index contributed by atoms with van der Waals surface area (Å²) in [7, 11) is 3.93. The van der Waals surface area contributed by atoms with E-state index in [0.717, 1.165) is 51.5 Å². The molecule has 3 heteroatoms. The lowest BCUT2D eigenvalue weighted by molar-refractivity contribution is -0.143. The standard InChI is InChI=1S/C26H41NO2/c1-4-5-6-7-8-9-10-11-12-13-14-15-16-17-18-19-20-21-22-23-26(28)29-25-24-27(2)3/h5-6,8-9,11-12,14-15,17-18,20-21H,4,7,10,13,16,19,22-25H2,1-3H3. The molecule has 0 rings (SSSR count). The summed E-state index contributed by atoms with van der Waals surface area (Å²) in [5.41, 5.74) is 0. The van der Waals surface area contributed by atoms with Crippen LogP contribution in [0.2, 0.25) is 0 Å². The molecule has 0 radical (unpaired) electrons. The number of likely N-dealkylation sites (N-methyl/N-ethyl adjacent to an activating group) is 1. The zero-order chi connectivity index (χ0) is 21.4. The molecule has 0 spiro atoms. The number of ether oxygens (including phenoxy) is 1. The molecule has 162 valence electrons. The summed E-state index contributed by atoms with van der Waals surface area (Å²) in [4.78, 5) is 13.5. The van der Waals surface area contributed by atoms with Crippen LogP contribution >= 0.6 is 0 Å². The topological polar surface area (TPSA) is 29.5 Å². The molecule has 29 heavy (non-hydrogen) atoms. The van der Waals surface area contributed by atoms with Crippen molar-refractivity contribution in [1.29, 1.82) is 0 Å². The van der Waals surface area contributed by atoms with Gasteiger partial charge in [0.25, 0.3) is 0 Å². The predicted octanol–water partition coefficient (Wildman–Crippen LogP) is 6.57. The van der Waals surface area contributed by atoms with Gasteiger partial charge < -0.3 is 9.64 Å². The number of nitrogens with zero attached hydrogens (tertiary/aromatic N) is 1. The number of rotatable bonds is 17. The third kappa shape index (κ3) is 23.8. The van der Waals surface area contributed by atoms with Gasteiger partial charge in [0.2, 0.25) is 0 Å². The van der Waals surface area contributed by atoms with E-state index < -0.39 is 0 Å². The van der Waals surface area contributed by atoms with Crippen molar-refractivity contribution in [2.45, 2.75) is 58.3 Å². The Morgan fingerprint density at radius 1 is 0.690 bits per heavy atom. The second-order valence-corrected chi connectivity index (χ2v) is 6.98. The van der Waals surface area contributed by atoms with Gasteiger partial charge in [-0.25, -0.2) is 0 Å². The van der Waals surface area contributed by atoms with Crippen LogP contribution in [0.1, 0.15) is 58.3 Å². The highest BCUT2D eigenvalue weighted by molar-refractivity contribution is 5.69. The average Bonchev–Trinajstić information content (AvgIpc) is 2.69. The monoisotopic (exact) mass is 399 g/mol. The Balaban J connectivity index is 3.56. The molecular weight excluding hydrogens is 358 g/mol.